The molecule has 0 bridgehead atoms. The quantitative estimate of drug-likeness (QED) is 0.361. The van der Waals surface area contributed by atoms with Crippen molar-refractivity contribution >= 4 is 17.2 Å². The van der Waals surface area contributed by atoms with E-state index in [9.17, 15) is 8.42 Å². The highest BCUT2D eigenvalue weighted by Gasteiger charge is 2.50. The van der Waals surface area contributed by atoms with Crippen LogP contribution in [-0.2, 0) is 23.6 Å². The monoisotopic (exact) mass is 382 g/mol. The summed E-state index contributed by atoms with van der Waals surface area (Å²) in [7, 11) is -3.80. The molecule has 1 aromatic carbocycles. The van der Waals surface area contributed by atoms with Gasteiger partial charge in [-0.05, 0) is 59.5 Å². The largest absolute Gasteiger partial charge is 0.457 e. The van der Waals surface area contributed by atoms with Crippen LogP contribution in [0.3, 0.4) is 0 Å². The molecule has 0 radical (unpaired) electrons. The summed E-state index contributed by atoms with van der Waals surface area (Å²) in [6.07, 6.45) is 4.48. The minimum absolute atomic E-state index is 0.154. The standard InChI is InChI=1S/C19H31BO5S/c1-16-10-12-17(13-11-16)26(21,22)23-15-9-7-6-8-14-20-24-18(2,3)19(4,5)25-20/h10-13H,6-9,14-15H2,1-5H3. The van der Waals surface area contributed by atoms with Crippen LogP contribution in [0.25, 0.3) is 0 Å². The zero-order chi connectivity index (χ0) is 19.4. The molecule has 7 heteroatoms. The fourth-order valence-electron chi connectivity index (χ4n) is 2.79. The normalized spacial score (nSPS) is 19.0. The maximum atomic E-state index is 12.1. The van der Waals surface area contributed by atoms with E-state index < -0.39 is 10.1 Å². The van der Waals surface area contributed by atoms with Gasteiger partial charge in [-0.2, -0.15) is 8.42 Å². The molecule has 1 aliphatic rings. The summed E-state index contributed by atoms with van der Waals surface area (Å²) < 4.78 is 41.2. The molecule has 1 saturated heterocycles. The molecular weight excluding hydrogens is 351 g/mol. The summed E-state index contributed by atoms with van der Waals surface area (Å²) in [4.78, 5) is 0.212. The van der Waals surface area contributed by atoms with E-state index in [0.717, 1.165) is 31.1 Å². The highest BCUT2D eigenvalue weighted by atomic mass is 32.2. The van der Waals surface area contributed by atoms with Crippen molar-refractivity contribution in [2.24, 2.45) is 0 Å². The summed E-state index contributed by atoms with van der Waals surface area (Å²) >= 11 is 0. The molecule has 2 rings (SSSR count). The SMILES string of the molecule is Cc1ccc(S(=O)(=O)OCCCCCCB2OC(C)(C)C(C)(C)O2)cc1. The molecule has 0 unspecified atom stereocenters. The third kappa shape index (κ3) is 5.55. The van der Waals surface area contributed by atoms with Crippen LogP contribution in [0.2, 0.25) is 6.32 Å². The first-order valence-corrected chi connectivity index (χ1v) is 10.8. The van der Waals surface area contributed by atoms with Gasteiger partial charge in [0.1, 0.15) is 0 Å². The maximum absolute atomic E-state index is 12.1. The van der Waals surface area contributed by atoms with Crippen LogP contribution in [0.4, 0.5) is 0 Å². The predicted octanol–water partition coefficient (Wildman–Crippen LogP) is 4.35. The highest BCUT2D eigenvalue weighted by molar-refractivity contribution is 7.86. The molecule has 0 aromatic heterocycles. The number of aryl methyl sites for hydroxylation is 1. The molecule has 26 heavy (non-hydrogen) atoms. The molecular formula is C19H31BO5S. The molecule has 1 aliphatic heterocycles. The number of rotatable bonds is 9. The minimum atomic E-state index is -3.65. The molecule has 0 spiro atoms. The highest BCUT2D eigenvalue weighted by Crippen LogP contribution is 2.38. The molecule has 0 aliphatic carbocycles. The molecule has 1 aromatic rings. The number of unbranched alkanes of at least 4 members (excludes halogenated alkanes) is 3. The second-order valence-electron chi connectivity index (χ2n) is 7.98. The van der Waals surface area contributed by atoms with Crippen LogP contribution < -0.4 is 0 Å². The van der Waals surface area contributed by atoms with Crippen molar-refractivity contribution in [1.29, 1.82) is 0 Å². The second kappa shape index (κ2) is 8.42. The topological polar surface area (TPSA) is 61.8 Å². The van der Waals surface area contributed by atoms with Crippen molar-refractivity contribution < 1.29 is 21.9 Å². The summed E-state index contributed by atoms with van der Waals surface area (Å²) in [5, 5.41) is 0. The lowest BCUT2D eigenvalue weighted by Gasteiger charge is -2.32. The van der Waals surface area contributed by atoms with Crippen LogP contribution in [0, 0.1) is 6.92 Å². The van der Waals surface area contributed by atoms with Gasteiger partial charge in [0.25, 0.3) is 10.1 Å². The first-order valence-electron chi connectivity index (χ1n) is 9.35. The van der Waals surface area contributed by atoms with E-state index in [1.54, 1.807) is 24.3 Å². The molecule has 0 atom stereocenters. The second-order valence-corrected chi connectivity index (χ2v) is 9.59. The summed E-state index contributed by atoms with van der Waals surface area (Å²) in [6, 6.07) is 6.70. The van der Waals surface area contributed by atoms with Crippen molar-refractivity contribution in [3.8, 4) is 0 Å². The Balaban J connectivity index is 1.61. The van der Waals surface area contributed by atoms with E-state index in [-0.39, 0.29) is 29.8 Å². The Labute approximate surface area is 158 Å². The number of hydrogen-bond donors (Lipinski definition) is 0. The fourth-order valence-corrected chi connectivity index (χ4v) is 3.73. The average molecular weight is 382 g/mol. The summed E-state index contributed by atoms with van der Waals surface area (Å²) in [5.74, 6) is 0. The average Bonchev–Trinajstić information content (AvgIpc) is 2.74. The number of hydrogen-bond acceptors (Lipinski definition) is 5. The summed E-state index contributed by atoms with van der Waals surface area (Å²) in [6.45, 7) is 10.4. The van der Waals surface area contributed by atoms with Gasteiger partial charge >= 0.3 is 7.12 Å². The van der Waals surface area contributed by atoms with Crippen molar-refractivity contribution in [1.82, 2.24) is 0 Å². The van der Waals surface area contributed by atoms with Crippen LogP contribution in [0.5, 0.6) is 0 Å². The molecule has 0 saturated carbocycles. The van der Waals surface area contributed by atoms with E-state index in [1.165, 1.54) is 0 Å². The molecule has 5 nitrogen and oxygen atoms in total. The molecule has 0 amide bonds. The fraction of sp³-hybridized carbons (Fsp3) is 0.684. The van der Waals surface area contributed by atoms with Crippen molar-refractivity contribution in [2.75, 3.05) is 6.61 Å². The van der Waals surface area contributed by atoms with Gasteiger partial charge in [0, 0.05) is 0 Å². The third-order valence-electron chi connectivity index (χ3n) is 5.18. The van der Waals surface area contributed by atoms with Crippen LogP contribution in [0.15, 0.2) is 29.2 Å². The zero-order valence-corrected chi connectivity index (χ0v) is 17.4. The van der Waals surface area contributed by atoms with Gasteiger partial charge in [-0.3, -0.25) is 4.18 Å². The lowest BCUT2D eigenvalue weighted by Crippen LogP contribution is -2.41. The van der Waals surface area contributed by atoms with Crippen molar-refractivity contribution in [3.05, 3.63) is 29.8 Å². The molecule has 0 N–H and O–H groups in total. The van der Waals surface area contributed by atoms with Crippen LogP contribution >= 0.6 is 0 Å². The van der Waals surface area contributed by atoms with Gasteiger partial charge in [-0.1, -0.05) is 37.0 Å². The minimum Gasteiger partial charge on any atom is -0.403 e. The first kappa shape index (κ1) is 21.4. The lowest BCUT2D eigenvalue weighted by atomic mass is 9.82. The maximum Gasteiger partial charge on any atom is 0.457 e. The Bertz CT molecular complexity index is 666. The van der Waals surface area contributed by atoms with E-state index >= 15 is 0 Å². The van der Waals surface area contributed by atoms with Crippen LogP contribution in [-0.4, -0.2) is 33.3 Å². The van der Waals surface area contributed by atoms with Gasteiger partial charge in [-0.25, -0.2) is 0 Å². The zero-order valence-electron chi connectivity index (χ0n) is 16.6. The van der Waals surface area contributed by atoms with Gasteiger partial charge in [0.15, 0.2) is 0 Å². The Kier molecular flexibility index (Phi) is 6.94. The van der Waals surface area contributed by atoms with Gasteiger partial charge in [0.2, 0.25) is 0 Å². The van der Waals surface area contributed by atoms with Gasteiger partial charge < -0.3 is 9.31 Å². The Hall–Kier alpha value is -0.885. The lowest BCUT2D eigenvalue weighted by molar-refractivity contribution is 0.00578. The Morgan fingerprint density at radius 2 is 1.46 bits per heavy atom. The van der Waals surface area contributed by atoms with Gasteiger partial charge in [-0.15, -0.1) is 0 Å². The Morgan fingerprint density at radius 3 is 2.04 bits per heavy atom. The molecule has 146 valence electrons. The predicted molar refractivity (Wildman–Crippen MR) is 104 cm³/mol. The van der Waals surface area contributed by atoms with Crippen molar-refractivity contribution in [3.63, 3.8) is 0 Å². The molecule has 1 fully saturated rings. The third-order valence-corrected chi connectivity index (χ3v) is 6.51. The van der Waals surface area contributed by atoms with Gasteiger partial charge in [0.05, 0.1) is 22.7 Å². The Morgan fingerprint density at radius 1 is 0.923 bits per heavy atom. The van der Waals surface area contributed by atoms with E-state index in [0.29, 0.717) is 6.42 Å². The van der Waals surface area contributed by atoms with E-state index in [4.69, 9.17) is 13.5 Å². The first-order chi connectivity index (χ1) is 12.0. The molecule has 1 heterocycles. The van der Waals surface area contributed by atoms with E-state index in [2.05, 4.69) is 27.7 Å². The number of benzene rings is 1. The van der Waals surface area contributed by atoms with Crippen molar-refractivity contribution in [2.45, 2.75) is 82.7 Å². The van der Waals surface area contributed by atoms with E-state index in [1.807, 2.05) is 6.92 Å². The smallest absolute Gasteiger partial charge is 0.403 e. The summed E-state index contributed by atoms with van der Waals surface area (Å²) in [5.41, 5.74) is 0.456. The van der Waals surface area contributed by atoms with Crippen LogP contribution in [0.1, 0.15) is 58.9 Å².